The molecule has 4 heteroatoms. The highest BCUT2D eigenvalue weighted by Gasteiger charge is 2.39. The summed E-state index contributed by atoms with van der Waals surface area (Å²) in [5.74, 6) is -0.425. The summed E-state index contributed by atoms with van der Waals surface area (Å²) in [6.07, 6.45) is -1.27. The predicted octanol–water partition coefficient (Wildman–Crippen LogP) is 1.70. The van der Waals surface area contributed by atoms with E-state index in [1.54, 1.807) is 54.6 Å². The number of rotatable bonds is 4. The smallest absolute Gasteiger partial charge is 0.219 e. The van der Waals surface area contributed by atoms with Crippen LogP contribution in [-0.2, 0) is 10.5 Å². The molecule has 2 rings (SSSR count). The molecule has 0 saturated heterocycles. The molecule has 2 unspecified atom stereocenters. The van der Waals surface area contributed by atoms with Gasteiger partial charge in [-0.2, -0.15) is 0 Å². The minimum absolute atomic E-state index is 0.423. The molecule has 0 aromatic heterocycles. The van der Waals surface area contributed by atoms with Crippen molar-refractivity contribution in [2.45, 2.75) is 18.8 Å². The van der Waals surface area contributed by atoms with Crippen LogP contribution in [0.15, 0.2) is 60.7 Å². The molecular weight excluding hydrogens is 254 g/mol. The van der Waals surface area contributed by atoms with Gasteiger partial charge < -0.3 is 15.5 Å². The highest BCUT2D eigenvalue weighted by molar-refractivity contribution is 5.74. The summed E-state index contributed by atoms with van der Waals surface area (Å²) in [4.78, 5) is 11.4. The second-order valence-electron chi connectivity index (χ2n) is 4.63. The lowest BCUT2D eigenvalue weighted by Gasteiger charge is -2.34. The molecule has 4 nitrogen and oxygen atoms in total. The van der Waals surface area contributed by atoms with Crippen molar-refractivity contribution < 1.29 is 15.0 Å². The average Bonchev–Trinajstić information content (AvgIpc) is 2.47. The van der Waals surface area contributed by atoms with Gasteiger partial charge >= 0.3 is 0 Å². The van der Waals surface area contributed by atoms with Crippen LogP contribution in [0.25, 0.3) is 0 Å². The summed E-state index contributed by atoms with van der Waals surface area (Å²) < 4.78 is 0. The monoisotopic (exact) mass is 271 g/mol. The van der Waals surface area contributed by atoms with E-state index in [-0.39, 0.29) is 0 Å². The fraction of sp³-hybridized carbons (Fsp3) is 0.188. The molecule has 104 valence electrons. The maximum Gasteiger partial charge on any atom is 0.219 e. The van der Waals surface area contributed by atoms with Gasteiger partial charge in [-0.25, -0.2) is 0 Å². The fourth-order valence-corrected chi connectivity index (χ4v) is 2.14. The Bertz CT molecular complexity index is 571. The normalized spacial score (nSPS) is 15.2. The van der Waals surface area contributed by atoms with Crippen molar-refractivity contribution in [3.8, 4) is 0 Å². The van der Waals surface area contributed by atoms with Gasteiger partial charge in [-0.05, 0) is 5.56 Å². The number of carbonyl (C=O) groups excluding carboxylic acids is 1. The summed E-state index contributed by atoms with van der Waals surface area (Å²) in [5, 5.41) is 23.7. The Kier molecular flexibility index (Phi) is 4.17. The van der Waals surface area contributed by atoms with Crippen LogP contribution in [0.3, 0.4) is 0 Å². The molecule has 0 radical (unpaired) electrons. The molecule has 0 saturated carbocycles. The first-order valence-corrected chi connectivity index (χ1v) is 6.33. The number of hydrogen-bond donors (Lipinski definition) is 3. The van der Waals surface area contributed by atoms with Crippen molar-refractivity contribution in [1.82, 2.24) is 5.32 Å². The van der Waals surface area contributed by atoms with Crippen LogP contribution < -0.4 is 5.32 Å². The van der Waals surface area contributed by atoms with Gasteiger partial charge in [-0.1, -0.05) is 60.7 Å². The molecule has 3 N–H and O–H groups in total. The van der Waals surface area contributed by atoms with Crippen molar-refractivity contribution in [3.63, 3.8) is 0 Å². The summed E-state index contributed by atoms with van der Waals surface area (Å²) in [5.41, 5.74) is -0.923. The lowest BCUT2D eigenvalue weighted by Crippen LogP contribution is -2.49. The quantitative estimate of drug-likeness (QED) is 0.741. The van der Waals surface area contributed by atoms with E-state index in [4.69, 9.17) is 0 Å². The van der Waals surface area contributed by atoms with Gasteiger partial charge in [0.25, 0.3) is 0 Å². The van der Waals surface area contributed by atoms with Gasteiger partial charge in [0.2, 0.25) is 5.91 Å². The van der Waals surface area contributed by atoms with E-state index in [0.717, 1.165) is 0 Å². The molecule has 0 bridgehead atoms. The molecule has 0 aliphatic carbocycles. The van der Waals surface area contributed by atoms with Crippen LogP contribution in [0.1, 0.15) is 24.2 Å². The Morgan fingerprint density at radius 2 is 1.55 bits per heavy atom. The van der Waals surface area contributed by atoms with Crippen LogP contribution in [0.2, 0.25) is 0 Å². The molecule has 2 atom stereocenters. The predicted molar refractivity (Wildman–Crippen MR) is 75.6 cm³/mol. The van der Waals surface area contributed by atoms with E-state index in [0.29, 0.717) is 11.1 Å². The largest absolute Gasteiger partial charge is 0.383 e. The van der Waals surface area contributed by atoms with E-state index in [2.05, 4.69) is 5.32 Å². The topological polar surface area (TPSA) is 69.6 Å². The van der Waals surface area contributed by atoms with Gasteiger partial charge in [0.1, 0.15) is 6.10 Å². The number of amides is 1. The zero-order valence-electron chi connectivity index (χ0n) is 11.2. The summed E-state index contributed by atoms with van der Waals surface area (Å²) >= 11 is 0. The second-order valence-corrected chi connectivity index (χ2v) is 4.63. The molecule has 0 fully saturated rings. The number of aliphatic hydroxyl groups is 2. The molecule has 0 aliphatic rings. The minimum atomic E-state index is -1.87. The van der Waals surface area contributed by atoms with Crippen molar-refractivity contribution in [2.24, 2.45) is 0 Å². The first-order chi connectivity index (χ1) is 9.54. The third-order valence-corrected chi connectivity index (χ3v) is 3.09. The molecule has 0 spiro atoms. The molecule has 2 aromatic carbocycles. The van der Waals surface area contributed by atoms with E-state index in [9.17, 15) is 15.0 Å². The molecule has 0 aliphatic heterocycles. The maximum atomic E-state index is 11.4. The van der Waals surface area contributed by atoms with Crippen molar-refractivity contribution in [3.05, 3.63) is 71.8 Å². The average molecular weight is 271 g/mol. The maximum absolute atomic E-state index is 11.4. The van der Waals surface area contributed by atoms with Crippen molar-refractivity contribution in [2.75, 3.05) is 0 Å². The van der Waals surface area contributed by atoms with Crippen LogP contribution in [0.4, 0.5) is 0 Å². The molecule has 0 heterocycles. The molecule has 20 heavy (non-hydrogen) atoms. The van der Waals surface area contributed by atoms with Gasteiger partial charge in [-0.15, -0.1) is 0 Å². The van der Waals surface area contributed by atoms with Crippen molar-refractivity contribution >= 4 is 5.91 Å². The Morgan fingerprint density at radius 3 is 2.05 bits per heavy atom. The van der Waals surface area contributed by atoms with E-state index in [1.807, 2.05) is 6.07 Å². The Hall–Kier alpha value is -2.17. The number of aliphatic hydroxyl groups excluding tert-OH is 1. The first-order valence-electron chi connectivity index (χ1n) is 6.33. The molecule has 1 amide bonds. The lowest BCUT2D eigenvalue weighted by atomic mass is 9.91. The van der Waals surface area contributed by atoms with Crippen LogP contribution in [-0.4, -0.2) is 16.1 Å². The van der Waals surface area contributed by atoms with Crippen LogP contribution in [0.5, 0.6) is 0 Å². The minimum Gasteiger partial charge on any atom is -0.383 e. The zero-order valence-corrected chi connectivity index (χ0v) is 11.2. The third kappa shape index (κ3) is 2.87. The number of benzene rings is 2. The van der Waals surface area contributed by atoms with Gasteiger partial charge in [0.15, 0.2) is 5.72 Å². The Balaban J connectivity index is 2.45. The van der Waals surface area contributed by atoms with Gasteiger partial charge in [0, 0.05) is 12.5 Å². The van der Waals surface area contributed by atoms with Gasteiger partial charge in [-0.3, -0.25) is 4.79 Å². The number of carbonyl (C=O) groups is 1. The summed E-state index contributed by atoms with van der Waals surface area (Å²) in [7, 11) is 0. The van der Waals surface area contributed by atoms with Crippen molar-refractivity contribution in [1.29, 1.82) is 0 Å². The zero-order chi connectivity index (χ0) is 14.6. The summed E-state index contributed by atoms with van der Waals surface area (Å²) in [6.45, 7) is 1.30. The van der Waals surface area contributed by atoms with Crippen LogP contribution in [0, 0.1) is 0 Å². The fourth-order valence-electron chi connectivity index (χ4n) is 2.14. The Morgan fingerprint density at radius 1 is 1.05 bits per heavy atom. The number of nitrogens with one attached hydrogen (secondary N) is 1. The van der Waals surface area contributed by atoms with E-state index < -0.39 is 17.7 Å². The summed E-state index contributed by atoms with van der Waals surface area (Å²) in [6, 6.07) is 17.3. The highest BCUT2D eigenvalue weighted by Crippen LogP contribution is 2.32. The van der Waals surface area contributed by atoms with E-state index >= 15 is 0 Å². The first kappa shape index (κ1) is 14.2. The van der Waals surface area contributed by atoms with Gasteiger partial charge in [0.05, 0.1) is 0 Å². The third-order valence-electron chi connectivity index (χ3n) is 3.09. The highest BCUT2D eigenvalue weighted by atomic mass is 16.4. The standard InChI is InChI=1S/C16H17NO3/c1-12(18)17-16(20,14-10-6-3-7-11-14)15(19)13-8-4-2-5-9-13/h2-11,15,19-20H,1H3,(H,17,18). The SMILES string of the molecule is CC(=O)NC(O)(c1ccccc1)C(O)c1ccccc1. The molecule has 2 aromatic rings. The Labute approximate surface area is 117 Å². The van der Waals surface area contributed by atoms with E-state index in [1.165, 1.54) is 6.92 Å². The molecular formula is C16H17NO3. The van der Waals surface area contributed by atoms with Crippen LogP contribution >= 0.6 is 0 Å². The lowest BCUT2D eigenvalue weighted by molar-refractivity contribution is -0.142. The number of hydrogen-bond acceptors (Lipinski definition) is 3. The second kappa shape index (κ2) is 5.86.